The van der Waals surface area contributed by atoms with Crippen LogP contribution in [0.2, 0.25) is 0 Å². The predicted octanol–water partition coefficient (Wildman–Crippen LogP) is 3.18. The van der Waals surface area contributed by atoms with Gasteiger partial charge in [0.1, 0.15) is 0 Å². The van der Waals surface area contributed by atoms with Crippen molar-refractivity contribution in [2.24, 2.45) is 11.7 Å². The second-order valence-corrected chi connectivity index (χ2v) is 6.38. The second kappa shape index (κ2) is 6.08. The van der Waals surface area contributed by atoms with Crippen LogP contribution in [0.4, 0.5) is 0 Å². The standard InChI is InChI=1S/C18H21N5/c19-7-3-4-13-8-15(9-13)23-12-14(10-21-23)18-11-20-16-5-1-2-6-17(16)22-18/h1-2,5-6,10-13,15H,3-4,7-9,19H2. The Morgan fingerprint density at radius 2 is 1.96 bits per heavy atom. The first kappa shape index (κ1) is 14.3. The highest BCUT2D eigenvalue weighted by Crippen LogP contribution is 2.40. The van der Waals surface area contributed by atoms with Crippen molar-refractivity contribution < 1.29 is 0 Å². The first-order valence-corrected chi connectivity index (χ1v) is 8.30. The molecular formula is C18H21N5. The molecule has 23 heavy (non-hydrogen) atoms. The van der Waals surface area contributed by atoms with Crippen molar-refractivity contribution in [1.29, 1.82) is 0 Å². The quantitative estimate of drug-likeness (QED) is 0.786. The molecule has 2 N–H and O–H groups in total. The maximum absolute atomic E-state index is 5.58. The van der Waals surface area contributed by atoms with Crippen molar-refractivity contribution in [3.8, 4) is 11.3 Å². The van der Waals surface area contributed by atoms with Crippen LogP contribution in [-0.2, 0) is 0 Å². The summed E-state index contributed by atoms with van der Waals surface area (Å²) in [5, 5.41) is 4.53. The van der Waals surface area contributed by atoms with Crippen LogP contribution in [0.15, 0.2) is 42.9 Å². The van der Waals surface area contributed by atoms with Crippen molar-refractivity contribution in [2.45, 2.75) is 31.7 Å². The third-order valence-corrected chi connectivity index (χ3v) is 4.75. The fourth-order valence-corrected chi connectivity index (χ4v) is 3.33. The number of nitrogens with two attached hydrogens (primary N) is 1. The van der Waals surface area contributed by atoms with Gasteiger partial charge in [0.25, 0.3) is 0 Å². The fraction of sp³-hybridized carbons (Fsp3) is 0.389. The van der Waals surface area contributed by atoms with E-state index in [0.29, 0.717) is 6.04 Å². The van der Waals surface area contributed by atoms with Gasteiger partial charge in [-0.05, 0) is 50.3 Å². The Balaban J connectivity index is 1.49. The smallest absolute Gasteiger partial charge is 0.0924 e. The number of para-hydroxylation sites is 2. The summed E-state index contributed by atoms with van der Waals surface area (Å²) in [5.41, 5.74) is 9.34. The Labute approximate surface area is 135 Å². The minimum Gasteiger partial charge on any atom is -0.330 e. The maximum atomic E-state index is 5.58. The monoisotopic (exact) mass is 307 g/mol. The SMILES string of the molecule is NCCCC1CC(n2cc(-c3cnc4ccccc4n3)cn2)C1. The van der Waals surface area contributed by atoms with Gasteiger partial charge in [0.2, 0.25) is 0 Å². The van der Waals surface area contributed by atoms with Gasteiger partial charge in [-0.3, -0.25) is 9.67 Å². The average molecular weight is 307 g/mol. The first-order chi connectivity index (χ1) is 11.3. The minimum atomic E-state index is 0.528. The van der Waals surface area contributed by atoms with Crippen LogP contribution in [-0.4, -0.2) is 26.3 Å². The molecule has 0 aliphatic heterocycles. The molecule has 0 radical (unpaired) electrons. The van der Waals surface area contributed by atoms with Crippen LogP contribution < -0.4 is 5.73 Å². The van der Waals surface area contributed by atoms with E-state index < -0.39 is 0 Å². The molecule has 2 aromatic heterocycles. The van der Waals surface area contributed by atoms with Gasteiger partial charge in [-0.15, -0.1) is 0 Å². The molecule has 0 saturated heterocycles. The van der Waals surface area contributed by atoms with Crippen LogP contribution in [0.3, 0.4) is 0 Å². The summed E-state index contributed by atoms with van der Waals surface area (Å²) in [7, 11) is 0. The van der Waals surface area contributed by atoms with Gasteiger partial charge in [-0.2, -0.15) is 5.10 Å². The van der Waals surface area contributed by atoms with E-state index in [2.05, 4.69) is 25.9 Å². The Hall–Kier alpha value is -2.27. The van der Waals surface area contributed by atoms with E-state index in [1.54, 1.807) is 0 Å². The zero-order valence-corrected chi connectivity index (χ0v) is 13.1. The molecule has 0 atom stereocenters. The Bertz CT molecular complexity index is 804. The predicted molar refractivity (Wildman–Crippen MR) is 90.8 cm³/mol. The van der Waals surface area contributed by atoms with Crippen LogP contribution in [0.1, 0.15) is 31.7 Å². The summed E-state index contributed by atoms with van der Waals surface area (Å²) >= 11 is 0. The van der Waals surface area contributed by atoms with E-state index in [1.165, 1.54) is 19.3 Å². The van der Waals surface area contributed by atoms with Gasteiger partial charge in [0.15, 0.2) is 0 Å². The Kier molecular flexibility index (Phi) is 3.79. The molecule has 5 heteroatoms. The fourth-order valence-electron chi connectivity index (χ4n) is 3.33. The lowest BCUT2D eigenvalue weighted by Gasteiger charge is -2.35. The molecule has 3 aromatic rings. The van der Waals surface area contributed by atoms with Crippen LogP contribution in [0, 0.1) is 5.92 Å². The summed E-state index contributed by atoms with van der Waals surface area (Å²) in [5.74, 6) is 0.816. The molecule has 4 rings (SSSR count). The molecule has 1 aliphatic carbocycles. The van der Waals surface area contributed by atoms with Crippen LogP contribution in [0.5, 0.6) is 0 Å². The normalized spacial score (nSPS) is 20.6. The average Bonchev–Trinajstić information content (AvgIpc) is 3.02. The molecule has 0 unspecified atom stereocenters. The van der Waals surface area contributed by atoms with E-state index in [-0.39, 0.29) is 0 Å². The molecule has 0 bridgehead atoms. The number of benzene rings is 1. The molecule has 5 nitrogen and oxygen atoms in total. The Morgan fingerprint density at radius 1 is 1.13 bits per heavy atom. The van der Waals surface area contributed by atoms with E-state index >= 15 is 0 Å². The highest BCUT2D eigenvalue weighted by atomic mass is 15.3. The van der Waals surface area contributed by atoms with E-state index in [0.717, 1.165) is 41.2 Å². The Morgan fingerprint density at radius 3 is 2.78 bits per heavy atom. The van der Waals surface area contributed by atoms with Crippen molar-refractivity contribution in [1.82, 2.24) is 19.7 Å². The highest BCUT2D eigenvalue weighted by Gasteiger charge is 2.30. The topological polar surface area (TPSA) is 69.6 Å². The van der Waals surface area contributed by atoms with Crippen LogP contribution >= 0.6 is 0 Å². The van der Waals surface area contributed by atoms with Crippen molar-refractivity contribution in [3.05, 3.63) is 42.9 Å². The third kappa shape index (κ3) is 2.84. The number of nitrogens with zero attached hydrogens (tertiary/aromatic N) is 4. The van der Waals surface area contributed by atoms with Crippen LogP contribution in [0.25, 0.3) is 22.3 Å². The lowest BCUT2D eigenvalue weighted by Crippen LogP contribution is -2.27. The number of fused-ring (bicyclic) bond motifs is 1. The molecule has 2 heterocycles. The molecule has 1 fully saturated rings. The van der Waals surface area contributed by atoms with Gasteiger partial charge in [0.05, 0.1) is 35.2 Å². The summed E-state index contributed by atoms with van der Waals surface area (Å²) < 4.78 is 2.09. The maximum Gasteiger partial charge on any atom is 0.0924 e. The molecule has 0 spiro atoms. The number of hydrogen-bond donors (Lipinski definition) is 1. The summed E-state index contributed by atoms with van der Waals surface area (Å²) in [6.45, 7) is 0.799. The minimum absolute atomic E-state index is 0.528. The summed E-state index contributed by atoms with van der Waals surface area (Å²) in [6, 6.07) is 8.46. The van der Waals surface area contributed by atoms with E-state index in [1.807, 2.05) is 36.7 Å². The molecule has 118 valence electrons. The zero-order valence-electron chi connectivity index (χ0n) is 13.1. The molecular weight excluding hydrogens is 286 g/mol. The lowest BCUT2D eigenvalue weighted by atomic mass is 9.77. The lowest BCUT2D eigenvalue weighted by molar-refractivity contribution is 0.171. The van der Waals surface area contributed by atoms with Gasteiger partial charge in [-0.1, -0.05) is 12.1 Å². The molecule has 1 saturated carbocycles. The van der Waals surface area contributed by atoms with Crippen molar-refractivity contribution in [3.63, 3.8) is 0 Å². The molecule has 1 aromatic carbocycles. The third-order valence-electron chi connectivity index (χ3n) is 4.75. The summed E-state index contributed by atoms with van der Waals surface area (Å²) in [4.78, 5) is 9.17. The van der Waals surface area contributed by atoms with Gasteiger partial charge < -0.3 is 5.73 Å². The van der Waals surface area contributed by atoms with Gasteiger partial charge >= 0.3 is 0 Å². The van der Waals surface area contributed by atoms with E-state index in [9.17, 15) is 0 Å². The largest absolute Gasteiger partial charge is 0.330 e. The van der Waals surface area contributed by atoms with Gasteiger partial charge in [0, 0.05) is 11.8 Å². The number of hydrogen-bond acceptors (Lipinski definition) is 4. The first-order valence-electron chi connectivity index (χ1n) is 8.30. The number of rotatable bonds is 5. The zero-order chi connectivity index (χ0) is 15.6. The van der Waals surface area contributed by atoms with Gasteiger partial charge in [-0.25, -0.2) is 4.98 Å². The molecule has 1 aliphatic rings. The number of aromatic nitrogens is 4. The highest BCUT2D eigenvalue weighted by molar-refractivity contribution is 5.76. The van der Waals surface area contributed by atoms with Crippen molar-refractivity contribution >= 4 is 11.0 Å². The van der Waals surface area contributed by atoms with Crippen molar-refractivity contribution in [2.75, 3.05) is 6.54 Å². The molecule has 0 amide bonds. The second-order valence-electron chi connectivity index (χ2n) is 6.38. The van der Waals surface area contributed by atoms with E-state index in [4.69, 9.17) is 5.73 Å². The summed E-state index contributed by atoms with van der Waals surface area (Å²) in [6.07, 6.45) is 10.6.